The third-order valence-electron chi connectivity index (χ3n) is 0.731. The van der Waals surface area contributed by atoms with Gasteiger partial charge >= 0.3 is 6.98 Å². The zero-order chi connectivity index (χ0) is 6.91. The summed E-state index contributed by atoms with van der Waals surface area (Å²) in [6, 6.07) is 0. The van der Waals surface area contributed by atoms with Crippen molar-refractivity contribution in [3.05, 3.63) is 11.6 Å². The van der Waals surface area contributed by atoms with E-state index in [4.69, 9.17) is 0 Å². The molecule has 0 N–H and O–H groups in total. The van der Waals surface area contributed by atoms with Crippen molar-refractivity contribution < 1.29 is 12.9 Å². The van der Waals surface area contributed by atoms with Crippen LogP contribution in [0.5, 0.6) is 0 Å². The van der Waals surface area contributed by atoms with Gasteiger partial charge in [-0.1, -0.05) is 0 Å². The van der Waals surface area contributed by atoms with Crippen molar-refractivity contribution in [3.8, 4) is 0 Å². The van der Waals surface area contributed by atoms with Gasteiger partial charge in [0.1, 0.15) is 0 Å². The molecule has 1 rings (SSSR count). The zero-order valence-electron chi connectivity index (χ0n) is 4.22. The van der Waals surface area contributed by atoms with E-state index >= 15 is 0 Å². The Balaban J connectivity index is 2.90. The minimum atomic E-state index is -4.86. The SMILES string of the molecule is F[B-](F)(F)c1nccs1. The Morgan fingerprint density at radius 2 is 2.11 bits per heavy atom. The fourth-order valence-corrected chi connectivity index (χ4v) is 0.933. The van der Waals surface area contributed by atoms with E-state index in [0.717, 1.165) is 6.20 Å². The van der Waals surface area contributed by atoms with Gasteiger partial charge in [-0.25, -0.2) is 0 Å². The Labute approximate surface area is 53.6 Å². The number of halogens is 3. The molecular weight excluding hydrogens is 150 g/mol. The highest BCUT2D eigenvalue weighted by molar-refractivity contribution is 7.21. The summed E-state index contributed by atoms with van der Waals surface area (Å²) in [4.78, 5) is 2.38. The van der Waals surface area contributed by atoms with Gasteiger partial charge < -0.3 is 12.9 Å². The molecule has 0 atom stereocenters. The van der Waals surface area contributed by atoms with Crippen LogP contribution in [0.1, 0.15) is 0 Å². The predicted octanol–water partition coefficient (Wildman–Crippen LogP) is 1.20. The summed E-state index contributed by atoms with van der Waals surface area (Å²) in [5.74, 6) is 0. The zero-order valence-corrected chi connectivity index (χ0v) is 5.04. The van der Waals surface area contributed by atoms with E-state index in [9.17, 15) is 12.9 Å². The molecular formula is C3H2BF3NS-. The summed E-state index contributed by atoms with van der Waals surface area (Å²) >= 11 is 0.622. The van der Waals surface area contributed by atoms with E-state index in [0.29, 0.717) is 11.3 Å². The lowest BCUT2D eigenvalue weighted by Crippen LogP contribution is -2.33. The molecule has 0 aliphatic heterocycles. The van der Waals surface area contributed by atoms with Gasteiger partial charge in [-0.3, -0.25) is 4.98 Å². The van der Waals surface area contributed by atoms with Crippen molar-refractivity contribution in [2.45, 2.75) is 0 Å². The second kappa shape index (κ2) is 2.02. The minimum absolute atomic E-state index is 0.622. The van der Waals surface area contributed by atoms with Crippen molar-refractivity contribution in [2.24, 2.45) is 0 Å². The van der Waals surface area contributed by atoms with Crippen LogP contribution in [0.2, 0.25) is 0 Å². The smallest absolute Gasteiger partial charge is 0.443 e. The summed E-state index contributed by atoms with van der Waals surface area (Å²) in [6.07, 6.45) is 1.15. The molecule has 1 aromatic rings. The van der Waals surface area contributed by atoms with Crippen LogP contribution in [0.15, 0.2) is 11.6 Å². The van der Waals surface area contributed by atoms with Gasteiger partial charge in [-0.2, -0.15) is 11.3 Å². The second-order valence-electron chi connectivity index (χ2n) is 1.45. The summed E-state index contributed by atoms with van der Waals surface area (Å²) in [5, 5.41) is 1.31. The van der Waals surface area contributed by atoms with Gasteiger partial charge in [0.05, 0.1) is 0 Å². The van der Waals surface area contributed by atoms with Crippen LogP contribution in [-0.4, -0.2) is 12.0 Å². The van der Waals surface area contributed by atoms with Gasteiger partial charge in [0.2, 0.25) is 0 Å². The number of rotatable bonds is 1. The normalized spacial score (nSPS) is 11.9. The Morgan fingerprint density at radius 1 is 1.44 bits per heavy atom. The average Bonchev–Trinajstić information content (AvgIpc) is 2.08. The fraction of sp³-hybridized carbons (Fsp3) is 0. The molecule has 0 aliphatic carbocycles. The molecule has 0 radical (unpaired) electrons. The molecule has 0 aliphatic rings. The van der Waals surface area contributed by atoms with E-state index in [1.54, 1.807) is 0 Å². The molecule has 50 valence electrons. The van der Waals surface area contributed by atoms with Crippen LogP contribution in [0, 0.1) is 0 Å². The Bertz CT molecular complexity index is 181. The van der Waals surface area contributed by atoms with Crippen molar-refractivity contribution in [1.82, 2.24) is 4.98 Å². The molecule has 0 fully saturated rings. The van der Waals surface area contributed by atoms with E-state index in [-0.39, 0.29) is 0 Å². The second-order valence-corrected chi connectivity index (χ2v) is 2.37. The molecule has 0 aromatic carbocycles. The summed E-state index contributed by atoms with van der Waals surface area (Å²) < 4.78 is 34.9. The number of aromatic nitrogens is 1. The average molecular weight is 152 g/mol. The lowest BCUT2D eigenvalue weighted by Gasteiger charge is -2.07. The third kappa shape index (κ3) is 1.44. The van der Waals surface area contributed by atoms with Crippen LogP contribution in [0.4, 0.5) is 12.9 Å². The standard InChI is InChI=1S/C3H2BF3NS/c5-4(6,7)3-8-1-2-9-3/h1-2H/q-1. The van der Waals surface area contributed by atoms with Crippen molar-refractivity contribution >= 4 is 23.2 Å². The summed E-state index contributed by atoms with van der Waals surface area (Å²) in [7, 11) is 0. The fourth-order valence-electron chi connectivity index (χ4n) is 0.396. The molecule has 0 unspecified atom stereocenters. The van der Waals surface area contributed by atoms with Crippen LogP contribution < -0.4 is 4.91 Å². The van der Waals surface area contributed by atoms with Crippen molar-refractivity contribution in [1.29, 1.82) is 0 Å². The number of nitrogens with zero attached hydrogens (tertiary/aromatic N) is 1. The van der Waals surface area contributed by atoms with Crippen LogP contribution in [0.3, 0.4) is 0 Å². The highest BCUT2D eigenvalue weighted by atomic mass is 32.1. The molecule has 0 spiro atoms. The van der Waals surface area contributed by atoms with Crippen molar-refractivity contribution in [3.63, 3.8) is 0 Å². The largest absolute Gasteiger partial charge is 0.537 e. The maximum atomic E-state index is 11.6. The number of hydrogen-bond acceptors (Lipinski definition) is 2. The lowest BCUT2D eigenvalue weighted by atomic mass is 9.94. The Hall–Kier alpha value is -0.515. The summed E-state index contributed by atoms with van der Waals surface area (Å²) in [6.45, 7) is -4.86. The molecule has 0 amide bonds. The first-order chi connectivity index (χ1) is 4.11. The van der Waals surface area contributed by atoms with Gasteiger partial charge in [0.25, 0.3) is 0 Å². The third-order valence-corrected chi connectivity index (χ3v) is 1.60. The van der Waals surface area contributed by atoms with Crippen LogP contribution in [0.25, 0.3) is 0 Å². The van der Waals surface area contributed by atoms with E-state index in [2.05, 4.69) is 4.98 Å². The first-order valence-corrected chi connectivity index (χ1v) is 3.08. The first kappa shape index (κ1) is 6.60. The van der Waals surface area contributed by atoms with Crippen molar-refractivity contribution in [2.75, 3.05) is 0 Å². The van der Waals surface area contributed by atoms with Crippen LogP contribution in [-0.2, 0) is 0 Å². The number of thiazole rings is 1. The molecule has 1 aromatic heterocycles. The van der Waals surface area contributed by atoms with E-state index in [1.807, 2.05) is 0 Å². The Kier molecular flexibility index (Phi) is 1.48. The monoisotopic (exact) mass is 152 g/mol. The maximum Gasteiger partial charge on any atom is 0.537 e. The lowest BCUT2D eigenvalue weighted by molar-refractivity contribution is 0.500. The first-order valence-electron chi connectivity index (χ1n) is 2.20. The van der Waals surface area contributed by atoms with E-state index < -0.39 is 11.9 Å². The van der Waals surface area contributed by atoms with E-state index in [1.165, 1.54) is 5.38 Å². The molecule has 9 heavy (non-hydrogen) atoms. The number of hydrogen-bond donors (Lipinski definition) is 0. The Morgan fingerprint density at radius 3 is 2.33 bits per heavy atom. The minimum Gasteiger partial charge on any atom is -0.443 e. The molecule has 0 saturated carbocycles. The highest BCUT2D eigenvalue weighted by Crippen LogP contribution is 2.09. The van der Waals surface area contributed by atoms with Gasteiger partial charge in [-0.05, 0) is 0 Å². The van der Waals surface area contributed by atoms with Gasteiger partial charge in [-0.15, -0.1) is 0 Å². The quantitative estimate of drug-likeness (QED) is 0.550. The maximum absolute atomic E-state index is 11.6. The molecule has 0 bridgehead atoms. The van der Waals surface area contributed by atoms with Gasteiger partial charge in [0.15, 0.2) is 0 Å². The van der Waals surface area contributed by atoms with Crippen LogP contribution >= 0.6 is 11.3 Å². The van der Waals surface area contributed by atoms with Gasteiger partial charge in [0, 0.05) is 16.5 Å². The highest BCUT2D eigenvalue weighted by Gasteiger charge is 2.28. The predicted molar refractivity (Wildman–Crippen MR) is 30.8 cm³/mol. The summed E-state index contributed by atoms with van der Waals surface area (Å²) in [5.41, 5.74) is 0. The molecule has 1 heterocycles. The molecule has 1 nitrogen and oxygen atoms in total. The topological polar surface area (TPSA) is 12.9 Å². The molecule has 0 saturated heterocycles. The molecule has 6 heteroatoms.